The van der Waals surface area contributed by atoms with E-state index in [9.17, 15) is 0 Å². The van der Waals surface area contributed by atoms with E-state index in [0.29, 0.717) is 17.4 Å². The van der Waals surface area contributed by atoms with Gasteiger partial charge in [-0.1, -0.05) is 32.9 Å². The maximum absolute atomic E-state index is 6.42. The van der Waals surface area contributed by atoms with Crippen molar-refractivity contribution in [1.29, 1.82) is 0 Å². The van der Waals surface area contributed by atoms with Crippen LogP contribution in [0.15, 0.2) is 23.2 Å². The van der Waals surface area contributed by atoms with Gasteiger partial charge in [0, 0.05) is 14.5 Å². The molecule has 4 atom stereocenters. The zero-order valence-electron chi connectivity index (χ0n) is 13.1. The molecule has 1 aromatic rings. The number of rotatable bonds is 1. The number of nitrogens with zero attached hydrogens (tertiary/aromatic N) is 1. The number of halogens is 1. The van der Waals surface area contributed by atoms with Crippen molar-refractivity contribution in [3.05, 3.63) is 32.9 Å². The lowest BCUT2D eigenvalue weighted by atomic mass is 9.70. The van der Waals surface area contributed by atoms with Crippen LogP contribution in [0.4, 0.5) is 0 Å². The summed E-state index contributed by atoms with van der Waals surface area (Å²) in [5, 5.41) is 0. The Morgan fingerprint density at radius 2 is 2.05 bits per heavy atom. The summed E-state index contributed by atoms with van der Waals surface area (Å²) >= 11 is 2.41. The number of aryl methyl sites for hydroxylation is 1. The van der Waals surface area contributed by atoms with Crippen LogP contribution in [0.2, 0.25) is 0 Å². The van der Waals surface area contributed by atoms with Crippen molar-refractivity contribution < 1.29 is 4.74 Å². The number of hydrogen-bond donors (Lipinski definition) is 0. The molecule has 2 aliphatic carbocycles. The van der Waals surface area contributed by atoms with E-state index in [1.807, 2.05) is 0 Å². The minimum Gasteiger partial charge on any atom is -0.471 e. The molecule has 0 radical (unpaired) electrons. The van der Waals surface area contributed by atoms with Gasteiger partial charge in [-0.05, 0) is 65.3 Å². The van der Waals surface area contributed by atoms with Crippen LogP contribution in [-0.4, -0.2) is 18.0 Å². The van der Waals surface area contributed by atoms with Crippen molar-refractivity contribution in [2.24, 2.45) is 21.7 Å². The molecule has 0 N–H and O–H groups in total. The predicted molar refractivity (Wildman–Crippen MR) is 93.7 cm³/mol. The van der Waals surface area contributed by atoms with Gasteiger partial charge < -0.3 is 4.74 Å². The molecular weight excluding hydrogens is 373 g/mol. The van der Waals surface area contributed by atoms with E-state index >= 15 is 0 Å². The van der Waals surface area contributed by atoms with Crippen LogP contribution in [0.5, 0.6) is 0 Å². The highest BCUT2D eigenvalue weighted by Crippen LogP contribution is 2.68. The molecule has 3 heteroatoms. The molecule has 0 amide bonds. The summed E-state index contributed by atoms with van der Waals surface area (Å²) in [4.78, 5) is 5.04. The van der Waals surface area contributed by atoms with Gasteiger partial charge in [-0.15, -0.1) is 0 Å². The van der Waals surface area contributed by atoms with Crippen molar-refractivity contribution in [2.75, 3.05) is 0 Å². The van der Waals surface area contributed by atoms with Gasteiger partial charge in [-0.3, -0.25) is 0 Å². The van der Waals surface area contributed by atoms with E-state index in [0.717, 1.165) is 5.90 Å². The third-order valence-corrected chi connectivity index (χ3v) is 8.08. The lowest BCUT2D eigenvalue weighted by molar-refractivity contribution is 0.0285. The number of hydrogen-bond acceptors (Lipinski definition) is 2. The van der Waals surface area contributed by atoms with Crippen molar-refractivity contribution in [3.63, 3.8) is 0 Å². The van der Waals surface area contributed by atoms with Crippen LogP contribution in [0.3, 0.4) is 0 Å². The van der Waals surface area contributed by atoms with E-state index in [1.54, 1.807) is 0 Å². The van der Waals surface area contributed by atoms with Crippen LogP contribution < -0.4 is 0 Å². The second-order valence-corrected chi connectivity index (χ2v) is 8.76. The average Bonchev–Trinajstić information content (AvgIpc) is 2.99. The molecule has 21 heavy (non-hydrogen) atoms. The maximum Gasteiger partial charge on any atom is 0.217 e. The molecule has 1 aliphatic heterocycles. The molecule has 0 unspecified atom stereocenters. The first-order chi connectivity index (χ1) is 9.86. The summed E-state index contributed by atoms with van der Waals surface area (Å²) < 4.78 is 7.69. The molecule has 1 heterocycles. The molecule has 0 aromatic heterocycles. The Balaban J connectivity index is 1.75. The smallest absolute Gasteiger partial charge is 0.217 e. The quantitative estimate of drug-likeness (QED) is 0.639. The summed E-state index contributed by atoms with van der Waals surface area (Å²) in [6, 6.07) is 6.76. The van der Waals surface area contributed by atoms with E-state index < -0.39 is 0 Å². The Hall–Kier alpha value is -0.580. The molecule has 112 valence electrons. The molecule has 2 fully saturated rings. The second-order valence-electron chi connectivity index (χ2n) is 7.68. The Labute approximate surface area is 140 Å². The molecular formula is C18H22INO. The number of ether oxygens (including phenoxy) is 1. The standard InChI is InChI=1S/C18H22INO/c1-10-6-5-7-11(13(10)19)16-20-14-12-8-9-18(4,15(14)21-16)17(12,2)3/h5-7,12,14-15H,8-9H2,1-4H3/t12-,14-,15-,18+/m0/s1. The summed E-state index contributed by atoms with van der Waals surface area (Å²) in [7, 11) is 0. The summed E-state index contributed by atoms with van der Waals surface area (Å²) in [6.45, 7) is 9.39. The Bertz CT molecular complexity index is 651. The third kappa shape index (κ3) is 1.61. The first-order valence-electron chi connectivity index (χ1n) is 7.86. The van der Waals surface area contributed by atoms with Gasteiger partial charge >= 0.3 is 0 Å². The molecule has 2 saturated carbocycles. The number of fused-ring (bicyclic) bond motifs is 5. The lowest BCUT2D eigenvalue weighted by Crippen LogP contribution is -2.39. The zero-order valence-corrected chi connectivity index (χ0v) is 15.3. The van der Waals surface area contributed by atoms with Gasteiger partial charge in [-0.25, -0.2) is 4.99 Å². The SMILES string of the molecule is Cc1cccc(C2=N[C@H]3[C@@H]4CC[C@](C)([C@H]3O2)C4(C)C)c1I. The lowest BCUT2D eigenvalue weighted by Gasteiger charge is -2.37. The second kappa shape index (κ2) is 4.24. The maximum atomic E-state index is 6.42. The van der Waals surface area contributed by atoms with Gasteiger partial charge in [0.25, 0.3) is 0 Å². The summed E-state index contributed by atoms with van der Waals surface area (Å²) in [5.41, 5.74) is 3.08. The Kier molecular flexibility index (Phi) is 2.84. The van der Waals surface area contributed by atoms with Crippen LogP contribution in [0.1, 0.15) is 44.7 Å². The largest absolute Gasteiger partial charge is 0.471 e. The fourth-order valence-electron chi connectivity index (χ4n) is 4.85. The molecule has 0 saturated heterocycles. The molecule has 1 aromatic carbocycles. The molecule has 2 bridgehead atoms. The van der Waals surface area contributed by atoms with Crippen LogP contribution in [0.25, 0.3) is 0 Å². The minimum atomic E-state index is 0.267. The first kappa shape index (κ1) is 14.0. The highest BCUT2D eigenvalue weighted by Gasteiger charge is 2.69. The summed E-state index contributed by atoms with van der Waals surface area (Å²) in [5.74, 6) is 1.55. The first-order valence-corrected chi connectivity index (χ1v) is 8.94. The van der Waals surface area contributed by atoms with Crippen LogP contribution in [0, 0.1) is 27.2 Å². The van der Waals surface area contributed by atoms with Crippen molar-refractivity contribution in [3.8, 4) is 0 Å². The topological polar surface area (TPSA) is 21.6 Å². The van der Waals surface area contributed by atoms with Crippen LogP contribution in [-0.2, 0) is 4.74 Å². The third-order valence-electron chi connectivity index (χ3n) is 6.65. The Morgan fingerprint density at radius 3 is 2.76 bits per heavy atom. The predicted octanol–water partition coefficient (Wildman–Crippen LogP) is 4.57. The molecule has 3 aliphatic rings. The van der Waals surface area contributed by atoms with Gasteiger partial charge in [-0.2, -0.15) is 0 Å². The fraction of sp³-hybridized carbons (Fsp3) is 0.611. The highest BCUT2D eigenvalue weighted by molar-refractivity contribution is 14.1. The van der Waals surface area contributed by atoms with Crippen molar-refractivity contribution >= 4 is 28.5 Å². The van der Waals surface area contributed by atoms with E-state index in [-0.39, 0.29) is 11.5 Å². The molecule has 4 rings (SSSR count). The molecule has 0 spiro atoms. The minimum absolute atomic E-state index is 0.267. The van der Waals surface area contributed by atoms with Crippen molar-refractivity contribution in [1.82, 2.24) is 0 Å². The molecule has 2 nitrogen and oxygen atoms in total. The number of aliphatic imine (C=N–C) groups is 1. The Morgan fingerprint density at radius 1 is 1.29 bits per heavy atom. The normalized spacial score (nSPS) is 39.1. The van der Waals surface area contributed by atoms with E-state index in [2.05, 4.69) is 68.5 Å². The van der Waals surface area contributed by atoms with Gasteiger partial charge in [0.2, 0.25) is 5.90 Å². The summed E-state index contributed by atoms with van der Waals surface area (Å²) in [6.07, 6.45) is 2.85. The number of benzene rings is 1. The fourth-order valence-corrected chi connectivity index (χ4v) is 5.44. The monoisotopic (exact) mass is 395 g/mol. The van der Waals surface area contributed by atoms with E-state index in [4.69, 9.17) is 9.73 Å². The van der Waals surface area contributed by atoms with E-state index in [1.165, 1.54) is 27.5 Å². The highest BCUT2D eigenvalue weighted by atomic mass is 127. The van der Waals surface area contributed by atoms with Crippen molar-refractivity contribution in [2.45, 2.75) is 52.7 Å². The zero-order chi connectivity index (χ0) is 15.0. The van der Waals surface area contributed by atoms with Gasteiger partial charge in [0.15, 0.2) is 0 Å². The van der Waals surface area contributed by atoms with Gasteiger partial charge in [0.1, 0.15) is 6.10 Å². The van der Waals surface area contributed by atoms with Gasteiger partial charge in [0.05, 0.1) is 6.04 Å². The van der Waals surface area contributed by atoms with Crippen LogP contribution >= 0.6 is 22.6 Å². The average molecular weight is 395 g/mol.